The van der Waals surface area contributed by atoms with Crippen LogP contribution in [0.25, 0.3) is 22.7 Å². The third kappa shape index (κ3) is 2.38. The van der Waals surface area contributed by atoms with E-state index in [2.05, 4.69) is 39.1 Å². The fourth-order valence-corrected chi connectivity index (χ4v) is 2.88. The smallest absolute Gasteiger partial charge is 0.271 e. The minimum atomic E-state index is -0.330. The number of rotatable bonds is 1. The van der Waals surface area contributed by atoms with Gasteiger partial charge in [0.1, 0.15) is 11.5 Å². The predicted molar refractivity (Wildman–Crippen MR) is 83.5 cm³/mol. The summed E-state index contributed by atoms with van der Waals surface area (Å²) in [6.07, 6.45) is 0.711. The molecule has 0 radical (unpaired) electrons. The van der Waals surface area contributed by atoms with Gasteiger partial charge in [-0.2, -0.15) is 0 Å². The van der Waals surface area contributed by atoms with E-state index in [1.165, 1.54) is 12.1 Å². The van der Waals surface area contributed by atoms with Crippen molar-refractivity contribution in [3.63, 3.8) is 0 Å². The van der Waals surface area contributed by atoms with Crippen LogP contribution < -0.4 is 5.32 Å². The first-order chi connectivity index (χ1) is 10.9. The number of benzene rings is 1. The SMILES string of the molecule is CC1(C)CNC(=O)c2nc(-c3nc4ccc(F)cc4[nH]3)[nH]c2C1. The summed E-state index contributed by atoms with van der Waals surface area (Å²) in [6.45, 7) is 4.79. The van der Waals surface area contributed by atoms with Crippen molar-refractivity contribution in [3.05, 3.63) is 35.4 Å². The largest absolute Gasteiger partial charge is 0.350 e. The molecule has 3 aromatic rings. The Kier molecular flexibility index (Phi) is 2.81. The molecule has 7 heteroatoms. The Bertz CT molecular complexity index is 924. The minimum Gasteiger partial charge on any atom is -0.350 e. The van der Waals surface area contributed by atoms with E-state index in [-0.39, 0.29) is 17.1 Å². The molecule has 0 fully saturated rings. The molecule has 0 bridgehead atoms. The average molecular weight is 313 g/mol. The molecule has 4 rings (SSSR count). The highest BCUT2D eigenvalue weighted by Crippen LogP contribution is 2.27. The molecule has 1 amide bonds. The van der Waals surface area contributed by atoms with Crippen LogP contribution in [0.3, 0.4) is 0 Å². The summed E-state index contributed by atoms with van der Waals surface area (Å²) in [5, 5.41) is 2.89. The van der Waals surface area contributed by atoms with E-state index in [4.69, 9.17) is 0 Å². The first kappa shape index (κ1) is 13.9. The minimum absolute atomic E-state index is 0.0538. The summed E-state index contributed by atoms with van der Waals surface area (Å²) >= 11 is 0. The second-order valence-electron chi connectivity index (χ2n) is 6.68. The normalized spacial score (nSPS) is 16.9. The topological polar surface area (TPSA) is 86.5 Å². The predicted octanol–water partition coefficient (Wildman–Crippen LogP) is 2.40. The summed E-state index contributed by atoms with van der Waals surface area (Å²) in [5.74, 6) is 0.461. The van der Waals surface area contributed by atoms with Crippen molar-refractivity contribution < 1.29 is 9.18 Å². The van der Waals surface area contributed by atoms with Crippen molar-refractivity contribution in [2.24, 2.45) is 5.41 Å². The number of nitrogens with one attached hydrogen (secondary N) is 3. The van der Waals surface area contributed by atoms with E-state index in [1.807, 2.05) is 0 Å². The molecule has 6 nitrogen and oxygen atoms in total. The van der Waals surface area contributed by atoms with Gasteiger partial charge in [0.25, 0.3) is 5.91 Å². The molecule has 0 unspecified atom stereocenters. The zero-order valence-electron chi connectivity index (χ0n) is 12.8. The molecule has 2 aromatic heterocycles. The van der Waals surface area contributed by atoms with Crippen LogP contribution in [0.5, 0.6) is 0 Å². The highest BCUT2D eigenvalue weighted by molar-refractivity contribution is 5.94. The number of halogens is 1. The van der Waals surface area contributed by atoms with E-state index in [0.717, 1.165) is 5.69 Å². The van der Waals surface area contributed by atoms with Crippen LogP contribution in [-0.2, 0) is 6.42 Å². The van der Waals surface area contributed by atoms with Crippen molar-refractivity contribution in [1.29, 1.82) is 0 Å². The van der Waals surface area contributed by atoms with Crippen LogP contribution in [0.4, 0.5) is 4.39 Å². The number of carbonyl (C=O) groups excluding carboxylic acids is 1. The first-order valence-corrected chi connectivity index (χ1v) is 7.44. The molecule has 3 heterocycles. The van der Waals surface area contributed by atoms with Crippen LogP contribution >= 0.6 is 0 Å². The zero-order valence-corrected chi connectivity index (χ0v) is 12.8. The lowest BCUT2D eigenvalue weighted by Gasteiger charge is -2.21. The number of hydrogen-bond acceptors (Lipinski definition) is 3. The number of aromatic nitrogens is 4. The van der Waals surface area contributed by atoms with Gasteiger partial charge in [-0.15, -0.1) is 0 Å². The molecule has 0 spiro atoms. The first-order valence-electron chi connectivity index (χ1n) is 7.44. The molecule has 118 valence electrons. The lowest BCUT2D eigenvalue weighted by molar-refractivity contribution is 0.0940. The van der Waals surface area contributed by atoms with E-state index < -0.39 is 0 Å². The number of nitrogens with zero attached hydrogens (tertiary/aromatic N) is 2. The summed E-state index contributed by atoms with van der Waals surface area (Å²) in [6, 6.07) is 4.35. The van der Waals surface area contributed by atoms with Gasteiger partial charge in [-0.3, -0.25) is 4.79 Å². The molecule has 1 aromatic carbocycles. The molecule has 0 saturated heterocycles. The van der Waals surface area contributed by atoms with Crippen molar-refractivity contribution in [1.82, 2.24) is 25.3 Å². The van der Waals surface area contributed by atoms with Gasteiger partial charge in [-0.1, -0.05) is 13.8 Å². The van der Waals surface area contributed by atoms with Gasteiger partial charge in [-0.25, -0.2) is 14.4 Å². The Morgan fingerprint density at radius 3 is 2.78 bits per heavy atom. The van der Waals surface area contributed by atoms with Gasteiger partial charge >= 0.3 is 0 Å². The number of fused-ring (bicyclic) bond motifs is 2. The zero-order chi connectivity index (χ0) is 16.2. The average Bonchev–Trinajstić information content (AvgIpc) is 3.05. The highest BCUT2D eigenvalue weighted by atomic mass is 19.1. The number of aromatic amines is 2. The number of amides is 1. The van der Waals surface area contributed by atoms with Gasteiger partial charge in [0.2, 0.25) is 0 Å². The van der Waals surface area contributed by atoms with Crippen LogP contribution in [0, 0.1) is 11.2 Å². The molecule has 1 aliphatic heterocycles. The van der Waals surface area contributed by atoms with Crippen LogP contribution in [0.2, 0.25) is 0 Å². The third-order valence-electron chi connectivity index (χ3n) is 4.04. The fourth-order valence-electron chi connectivity index (χ4n) is 2.88. The second-order valence-corrected chi connectivity index (χ2v) is 6.68. The van der Waals surface area contributed by atoms with Crippen molar-refractivity contribution in [2.45, 2.75) is 20.3 Å². The van der Waals surface area contributed by atoms with Crippen molar-refractivity contribution in [3.8, 4) is 11.6 Å². The number of carbonyl (C=O) groups is 1. The van der Waals surface area contributed by atoms with Crippen molar-refractivity contribution in [2.75, 3.05) is 6.54 Å². The maximum atomic E-state index is 13.3. The molecular weight excluding hydrogens is 297 g/mol. The monoisotopic (exact) mass is 313 g/mol. The molecule has 3 N–H and O–H groups in total. The Balaban J connectivity index is 1.80. The maximum absolute atomic E-state index is 13.3. The second kappa shape index (κ2) is 4.65. The van der Waals surface area contributed by atoms with E-state index in [0.29, 0.717) is 41.3 Å². The van der Waals surface area contributed by atoms with Crippen LogP contribution in [0.1, 0.15) is 30.0 Å². The van der Waals surface area contributed by atoms with E-state index in [9.17, 15) is 9.18 Å². The van der Waals surface area contributed by atoms with Gasteiger partial charge < -0.3 is 15.3 Å². The Morgan fingerprint density at radius 2 is 1.96 bits per heavy atom. The molecule has 0 aliphatic carbocycles. The van der Waals surface area contributed by atoms with Gasteiger partial charge in [0, 0.05) is 12.2 Å². The van der Waals surface area contributed by atoms with Crippen LogP contribution in [-0.4, -0.2) is 32.4 Å². The number of H-pyrrole nitrogens is 2. The van der Waals surface area contributed by atoms with Gasteiger partial charge in [0.05, 0.1) is 11.0 Å². The van der Waals surface area contributed by atoms with Gasteiger partial charge in [0.15, 0.2) is 11.6 Å². The molecule has 0 atom stereocenters. The number of hydrogen-bond donors (Lipinski definition) is 3. The Labute approximate surface area is 131 Å². The fraction of sp³-hybridized carbons (Fsp3) is 0.312. The van der Waals surface area contributed by atoms with E-state index >= 15 is 0 Å². The van der Waals surface area contributed by atoms with E-state index in [1.54, 1.807) is 6.07 Å². The molecule has 23 heavy (non-hydrogen) atoms. The Hall–Kier alpha value is -2.70. The molecule has 0 saturated carbocycles. The lowest BCUT2D eigenvalue weighted by Crippen LogP contribution is -2.32. The summed E-state index contributed by atoms with van der Waals surface area (Å²) in [4.78, 5) is 27.2. The summed E-state index contributed by atoms with van der Waals surface area (Å²) in [7, 11) is 0. The summed E-state index contributed by atoms with van der Waals surface area (Å²) in [5.41, 5.74) is 2.39. The number of imidazole rings is 2. The molecular formula is C16H16FN5O. The third-order valence-corrected chi connectivity index (χ3v) is 4.04. The lowest BCUT2D eigenvalue weighted by atomic mass is 9.88. The highest BCUT2D eigenvalue weighted by Gasteiger charge is 2.30. The van der Waals surface area contributed by atoms with Crippen LogP contribution in [0.15, 0.2) is 18.2 Å². The van der Waals surface area contributed by atoms with Crippen molar-refractivity contribution >= 4 is 16.9 Å². The Morgan fingerprint density at radius 1 is 1.17 bits per heavy atom. The quantitative estimate of drug-likeness (QED) is 0.645. The molecule has 1 aliphatic rings. The van der Waals surface area contributed by atoms with Gasteiger partial charge in [-0.05, 0) is 30.0 Å². The standard InChI is InChI=1S/C16H16FN5O/c1-16(2)6-11-12(15(23)18-7-16)22-14(21-11)13-19-9-4-3-8(17)5-10(9)20-13/h3-5H,6-7H2,1-2H3,(H,18,23)(H,19,20)(H,21,22). The maximum Gasteiger partial charge on any atom is 0.271 e. The summed E-state index contributed by atoms with van der Waals surface area (Å²) < 4.78 is 13.3.